The van der Waals surface area contributed by atoms with E-state index in [0.29, 0.717) is 0 Å². The van der Waals surface area contributed by atoms with Crippen molar-refractivity contribution in [2.75, 3.05) is 0 Å². The second-order valence-corrected chi connectivity index (χ2v) is 6.44. The molecule has 1 aromatic carbocycles. The van der Waals surface area contributed by atoms with Gasteiger partial charge in [-0.3, -0.25) is 19.2 Å². The molecule has 0 saturated heterocycles. The summed E-state index contributed by atoms with van der Waals surface area (Å²) < 4.78 is 4.93. The quantitative estimate of drug-likeness (QED) is 0.523. The molecule has 0 aromatic heterocycles. The van der Waals surface area contributed by atoms with E-state index in [0.717, 1.165) is 5.56 Å². The number of carboxylic acids is 1. The van der Waals surface area contributed by atoms with Gasteiger partial charge in [0.25, 0.3) is 5.91 Å². The van der Waals surface area contributed by atoms with Gasteiger partial charge < -0.3 is 20.5 Å². The molecule has 0 heterocycles. The third-order valence-electron chi connectivity index (χ3n) is 3.57. The highest BCUT2D eigenvalue weighted by Crippen LogP contribution is 2.06. The average Bonchev–Trinajstić information content (AvgIpc) is 2.59. The summed E-state index contributed by atoms with van der Waals surface area (Å²) in [5.74, 6) is -2.88. The van der Waals surface area contributed by atoms with Crippen LogP contribution in [0.2, 0.25) is 0 Å². The number of hydrogen-bond donors (Lipinski definition) is 3. The Hall–Kier alpha value is -2.90. The highest BCUT2D eigenvalue weighted by Gasteiger charge is 2.26. The zero-order chi connectivity index (χ0) is 20.4. The maximum absolute atomic E-state index is 12.4. The minimum Gasteiger partial charge on any atom is -0.481 e. The molecule has 0 aliphatic heterocycles. The van der Waals surface area contributed by atoms with Gasteiger partial charge >= 0.3 is 11.9 Å². The van der Waals surface area contributed by atoms with Gasteiger partial charge in [-0.2, -0.15) is 0 Å². The normalized spacial score (nSPS) is 12.7. The van der Waals surface area contributed by atoms with Crippen molar-refractivity contribution in [3.05, 3.63) is 35.9 Å². The maximum Gasteiger partial charge on any atom is 0.307 e. The lowest BCUT2D eigenvalue weighted by Gasteiger charge is -2.22. The van der Waals surface area contributed by atoms with Gasteiger partial charge in [0.1, 0.15) is 6.04 Å². The van der Waals surface area contributed by atoms with Crippen LogP contribution in [0.15, 0.2) is 30.3 Å². The number of benzene rings is 1. The Morgan fingerprint density at radius 3 is 2.15 bits per heavy atom. The molecule has 148 valence electrons. The molecule has 27 heavy (non-hydrogen) atoms. The SMILES string of the molecule is CC(C)NC(=O)[C@H](Cc1ccccc1)NC(=O)[C@H](C)OC(=O)CCC(=O)O. The number of carbonyl (C=O) groups excluding carboxylic acids is 3. The van der Waals surface area contributed by atoms with Crippen molar-refractivity contribution in [3.8, 4) is 0 Å². The lowest BCUT2D eigenvalue weighted by atomic mass is 10.0. The highest BCUT2D eigenvalue weighted by atomic mass is 16.5. The smallest absolute Gasteiger partial charge is 0.307 e. The third kappa shape index (κ3) is 8.84. The molecule has 0 radical (unpaired) electrons. The van der Waals surface area contributed by atoms with Crippen molar-refractivity contribution < 1.29 is 29.0 Å². The number of amides is 2. The Kier molecular flexibility index (Phi) is 8.98. The fourth-order valence-corrected chi connectivity index (χ4v) is 2.25. The minimum atomic E-state index is -1.14. The van der Waals surface area contributed by atoms with Crippen molar-refractivity contribution in [3.63, 3.8) is 0 Å². The van der Waals surface area contributed by atoms with E-state index < -0.39 is 30.0 Å². The van der Waals surface area contributed by atoms with Crippen LogP contribution in [-0.4, -0.2) is 47.0 Å². The molecule has 0 bridgehead atoms. The predicted octanol–water partition coefficient (Wildman–Crippen LogP) is 1.04. The van der Waals surface area contributed by atoms with Crippen LogP contribution in [-0.2, 0) is 30.3 Å². The summed E-state index contributed by atoms with van der Waals surface area (Å²) in [6.45, 7) is 4.99. The topological polar surface area (TPSA) is 122 Å². The second kappa shape index (κ2) is 10.9. The van der Waals surface area contributed by atoms with Crippen LogP contribution < -0.4 is 10.6 Å². The number of carboxylic acid groups (broad SMARTS) is 1. The number of carbonyl (C=O) groups is 4. The van der Waals surface area contributed by atoms with Gasteiger partial charge in [-0.1, -0.05) is 30.3 Å². The number of hydrogen-bond acceptors (Lipinski definition) is 5. The Morgan fingerprint density at radius 2 is 1.59 bits per heavy atom. The molecule has 8 heteroatoms. The van der Waals surface area contributed by atoms with E-state index in [1.165, 1.54) is 6.92 Å². The van der Waals surface area contributed by atoms with Crippen LogP contribution >= 0.6 is 0 Å². The molecular formula is C19H26N2O6. The van der Waals surface area contributed by atoms with Crippen molar-refractivity contribution >= 4 is 23.8 Å². The van der Waals surface area contributed by atoms with E-state index in [-0.39, 0.29) is 31.2 Å². The number of ether oxygens (including phenoxy) is 1. The lowest BCUT2D eigenvalue weighted by molar-refractivity contribution is -0.156. The van der Waals surface area contributed by atoms with Crippen molar-refractivity contribution in [1.29, 1.82) is 0 Å². The Labute approximate surface area is 158 Å². The number of esters is 1. The van der Waals surface area contributed by atoms with E-state index in [1.807, 2.05) is 44.2 Å². The summed E-state index contributed by atoms with van der Waals surface area (Å²) in [5.41, 5.74) is 0.868. The van der Waals surface area contributed by atoms with Gasteiger partial charge in [-0.05, 0) is 26.3 Å². The Morgan fingerprint density at radius 1 is 0.963 bits per heavy atom. The first-order valence-corrected chi connectivity index (χ1v) is 8.75. The molecule has 0 unspecified atom stereocenters. The van der Waals surface area contributed by atoms with Gasteiger partial charge in [0, 0.05) is 12.5 Å². The summed E-state index contributed by atoms with van der Waals surface area (Å²) in [5, 5.41) is 13.9. The number of aliphatic carboxylic acids is 1. The summed E-state index contributed by atoms with van der Waals surface area (Å²) in [6, 6.07) is 8.28. The molecule has 0 aliphatic rings. The van der Waals surface area contributed by atoms with Gasteiger partial charge in [-0.25, -0.2) is 0 Å². The molecule has 1 aromatic rings. The standard InChI is InChI=1S/C19H26N2O6/c1-12(2)20-19(26)15(11-14-7-5-4-6-8-14)21-18(25)13(3)27-17(24)10-9-16(22)23/h4-8,12-13,15H,9-11H2,1-3H3,(H,20,26)(H,21,25)(H,22,23)/t13-,15-/m0/s1. The van der Waals surface area contributed by atoms with Crippen LogP contribution in [0.5, 0.6) is 0 Å². The zero-order valence-corrected chi connectivity index (χ0v) is 15.7. The maximum atomic E-state index is 12.4. The van der Waals surface area contributed by atoms with Crippen LogP contribution in [0.25, 0.3) is 0 Å². The molecule has 2 atom stereocenters. The molecular weight excluding hydrogens is 352 g/mol. The van der Waals surface area contributed by atoms with E-state index in [4.69, 9.17) is 9.84 Å². The monoisotopic (exact) mass is 378 g/mol. The van der Waals surface area contributed by atoms with Gasteiger partial charge in [-0.15, -0.1) is 0 Å². The fraction of sp³-hybridized carbons (Fsp3) is 0.474. The zero-order valence-electron chi connectivity index (χ0n) is 15.7. The summed E-state index contributed by atoms with van der Waals surface area (Å²) in [7, 11) is 0. The third-order valence-corrected chi connectivity index (χ3v) is 3.57. The fourth-order valence-electron chi connectivity index (χ4n) is 2.25. The van der Waals surface area contributed by atoms with Crippen molar-refractivity contribution in [1.82, 2.24) is 10.6 Å². The van der Waals surface area contributed by atoms with Crippen LogP contribution in [0.1, 0.15) is 39.2 Å². The van der Waals surface area contributed by atoms with Crippen LogP contribution in [0, 0.1) is 0 Å². The first-order valence-electron chi connectivity index (χ1n) is 8.75. The highest BCUT2D eigenvalue weighted by molar-refractivity contribution is 5.90. The first-order chi connectivity index (χ1) is 12.7. The molecule has 8 nitrogen and oxygen atoms in total. The molecule has 1 rings (SSSR count). The largest absolute Gasteiger partial charge is 0.481 e. The van der Waals surface area contributed by atoms with Gasteiger partial charge in [0.05, 0.1) is 12.8 Å². The molecule has 2 amide bonds. The molecule has 0 spiro atoms. The van der Waals surface area contributed by atoms with Gasteiger partial charge in [0.15, 0.2) is 6.10 Å². The summed E-state index contributed by atoms with van der Waals surface area (Å²) in [6.07, 6.45) is -1.56. The number of nitrogens with one attached hydrogen (secondary N) is 2. The van der Waals surface area contributed by atoms with Crippen LogP contribution in [0.4, 0.5) is 0 Å². The van der Waals surface area contributed by atoms with Gasteiger partial charge in [0.2, 0.25) is 5.91 Å². The van der Waals surface area contributed by atoms with Crippen molar-refractivity contribution in [2.24, 2.45) is 0 Å². The van der Waals surface area contributed by atoms with Crippen molar-refractivity contribution in [2.45, 2.75) is 58.2 Å². The first kappa shape index (κ1) is 22.1. The average molecular weight is 378 g/mol. The molecule has 0 aliphatic carbocycles. The minimum absolute atomic E-state index is 0.0982. The summed E-state index contributed by atoms with van der Waals surface area (Å²) >= 11 is 0. The van der Waals surface area contributed by atoms with E-state index in [2.05, 4.69) is 10.6 Å². The van der Waals surface area contributed by atoms with Crippen LogP contribution in [0.3, 0.4) is 0 Å². The Balaban J connectivity index is 2.72. The van der Waals surface area contributed by atoms with E-state index in [9.17, 15) is 19.2 Å². The molecule has 0 fully saturated rings. The second-order valence-electron chi connectivity index (χ2n) is 6.44. The van der Waals surface area contributed by atoms with E-state index >= 15 is 0 Å². The predicted molar refractivity (Wildman–Crippen MR) is 97.8 cm³/mol. The molecule has 3 N–H and O–H groups in total. The summed E-state index contributed by atoms with van der Waals surface area (Å²) in [4.78, 5) is 46.8. The number of rotatable bonds is 10. The Bertz CT molecular complexity index is 659. The van der Waals surface area contributed by atoms with E-state index in [1.54, 1.807) is 0 Å². The lowest BCUT2D eigenvalue weighted by Crippen LogP contribution is -2.52. The molecule has 0 saturated carbocycles.